The Kier molecular flexibility index (Phi) is 5.67. The van der Waals surface area contributed by atoms with Crippen molar-refractivity contribution in [3.8, 4) is 0 Å². The third kappa shape index (κ3) is 3.64. The Morgan fingerprint density at radius 2 is 2.05 bits per heavy atom. The molecule has 0 bridgehead atoms. The number of hydrogen-bond acceptors (Lipinski definition) is 2. The van der Waals surface area contributed by atoms with Crippen molar-refractivity contribution in [2.24, 2.45) is 0 Å². The highest BCUT2D eigenvalue weighted by Crippen LogP contribution is 2.34. The molecule has 1 nitrogen and oxygen atoms in total. The number of aryl methyl sites for hydroxylation is 2. The highest BCUT2D eigenvalue weighted by atomic mass is 79.9. The lowest BCUT2D eigenvalue weighted by Gasteiger charge is -2.20. The van der Waals surface area contributed by atoms with Gasteiger partial charge in [0.05, 0.1) is 9.83 Å². The van der Waals surface area contributed by atoms with E-state index < -0.39 is 0 Å². The molecule has 0 saturated heterocycles. The van der Waals surface area contributed by atoms with Crippen LogP contribution in [0, 0.1) is 13.8 Å². The number of thiophene rings is 1. The van der Waals surface area contributed by atoms with Gasteiger partial charge < -0.3 is 5.32 Å². The average Bonchev–Trinajstić information content (AvgIpc) is 2.73. The van der Waals surface area contributed by atoms with Crippen LogP contribution < -0.4 is 5.32 Å². The van der Waals surface area contributed by atoms with E-state index in [4.69, 9.17) is 11.6 Å². The van der Waals surface area contributed by atoms with Gasteiger partial charge >= 0.3 is 0 Å². The minimum absolute atomic E-state index is 0.230. The summed E-state index contributed by atoms with van der Waals surface area (Å²) in [5.41, 5.74) is 3.74. The fraction of sp³-hybridized carbons (Fsp3) is 0.375. The topological polar surface area (TPSA) is 12.0 Å². The van der Waals surface area contributed by atoms with Gasteiger partial charge in [-0.3, -0.25) is 0 Å². The minimum atomic E-state index is 0.230. The molecule has 1 unspecified atom stereocenters. The third-order valence-electron chi connectivity index (χ3n) is 3.35. The fourth-order valence-corrected chi connectivity index (χ4v) is 4.15. The Morgan fingerprint density at radius 1 is 1.30 bits per heavy atom. The van der Waals surface area contributed by atoms with Gasteiger partial charge in [0, 0.05) is 9.90 Å². The first kappa shape index (κ1) is 16.0. The first-order valence-electron chi connectivity index (χ1n) is 6.78. The number of nitrogens with one attached hydrogen (secondary N) is 1. The van der Waals surface area contributed by atoms with Gasteiger partial charge in [-0.1, -0.05) is 30.7 Å². The molecule has 2 aromatic rings. The third-order valence-corrected chi connectivity index (χ3v) is 5.34. The molecular weight excluding hydrogens is 354 g/mol. The van der Waals surface area contributed by atoms with Crippen LogP contribution in [0.15, 0.2) is 28.1 Å². The van der Waals surface area contributed by atoms with Crippen molar-refractivity contribution in [1.82, 2.24) is 5.32 Å². The zero-order valence-electron chi connectivity index (χ0n) is 12.0. The van der Waals surface area contributed by atoms with E-state index in [-0.39, 0.29) is 6.04 Å². The van der Waals surface area contributed by atoms with Gasteiger partial charge in [0.25, 0.3) is 0 Å². The maximum absolute atomic E-state index is 6.15. The van der Waals surface area contributed by atoms with Crippen LogP contribution in [-0.4, -0.2) is 6.54 Å². The first-order chi connectivity index (χ1) is 9.52. The maximum atomic E-state index is 6.15. The van der Waals surface area contributed by atoms with Crippen molar-refractivity contribution in [3.05, 3.63) is 54.6 Å². The van der Waals surface area contributed by atoms with Crippen molar-refractivity contribution in [1.29, 1.82) is 0 Å². The van der Waals surface area contributed by atoms with Gasteiger partial charge in [-0.05, 0) is 71.6 Å². The largest absolute Gasteiger partial charge is 0.306 e. The van der Waals surface area contributed by atoms with Gasteiger partial charge in [0.1, 0.15) is 0 Å². The molecule has 1 heterocycles. The first-order valence-corrected chi connectivity index (χ1v) is 8.77. The molecule has 1 aromatic heterocycles. The predicted molar refractivity (Wildman–Crippen MR) is 93.1 cm³/mol. The van der Waals surface area contributed by atoms with E-state index in [9.17, 15) is 0 Å². The van der Waals surface area contributed by atoms with Crippen molar-refractivity contribution in [2.45, 2.75) is 33.2 Å². The molecule has 0 aliphatic heterocycles. The monoisotopic (exact) mass is 371 g/mol. The van der Waals surface area contributed by atoms with E-state index in [0.717, 1.165) is 23.6 Å². The second-order valence-corrected chi connectivity index (χ2v) is 8.00. The Labute approximate surface area is 138 Å². The van der Waals surface area contributed by atoms with Crippen molar-refractivity contribution in [2.75, 3.05) is 6.54 Å². The summed E-state index contributed by atoms with van der Waals surface area (Å²) in [5, 5.41) is 4.47. The summed E-state index contributed by atoms with van der Waals surface area (Å²) < 4.78 is 1.18. The molecule has 1 atom stereocenters. The zero-order chi connectivity index (χ0) is 14.7. The van der Waals surface area contributed by atoms with Gasteiger partial charge in [0.15, 0.2) is 0 Å². The highest BCUT2D eigenvalue weighted by molar-refractivity contribution is 9.11. The Hall–Kier alpha value is -0.350. The van der Waals surface area contributed by atoms with Crippen LogP contribution in [0.1, 0.15) is 41.0 Å². The molecule has 1 aromatic carbocycles. The summed E-state index contributed by atoms with van der Waals surface area (Å²) >= 11 is 11.5. The second kappa shape index (κ2) is 7.08. The summed E-state index contributed by atoms with van der Waals surface area (Å²) in [6.45, 7) is 7.42. The SMILES string of the molecule is CCCNC(c1ccc(Cl)c(C)c1)c1cc(Br)sc1C. The smallest absolute Gasteiger partial charge is 0.0704 e. The van der Waals surface area contributed by atoms with Crippen LogP contribution in [0.3, 0.4) is 0 Å². The molecular formula is C16H19BrClNS. The van der Waals surface area contributed by atoms with Crippen LogP contribution in [-0.2, 0) is 0 Å². The van der Waals surface area contributed by atoms with Gasteiger partial charge in [-0.15, -0.1) is 11.3 Å². The molecule has 0 spiro atoms. The van der Waals surface area contributed by atoms with Crippen molar-refractivity contribution >= 4 is 38.9 Å². The van der Waals surface area contributed by atoms with E-state index in [1.807, 2.05) is 6.07 Å². The normalized spacial score (nSPS) is 12.7. The Morgan fingerprint density at radius 3 is 2.60 bits per heavy atom. The zero-order valence-corrected chi connectivity index (χ0v) is 15.1. The van der Waals surface area contributed by atoms with Crippen molar-refractivity contribution in [3.63, 3.8) is 0 Å². The fourth-order valence-electron chi connectivity index (χ4n) is 2.29. The molecule has 2 rings (SSSR count). The summed E-state index contributed by atoms with van der Waals surface area (Å²) in [7, 11) is 0. The lowest BCUT2D eigenvalue weighted by molar-refractivity contribution is 0.598. The van der Waals surface area contributed by atoms with Crippen LogP contribution in [0.4, 0.5) is 0 Å². The molecule has 0 fully saturated rings. The van der Waals surface area contributed by atoms with Crippen LogP contribution >= 0.6 is 38.9 Å². The van der Waals surface area contributed by atoms with Crippen LogP contribution in [0.5, 0.6) is 0 Å². The van der Waals surface area contributed by atoms with Crippen LogP contribution in [0.2, 0.25) is 5.02 Å². The lowest BCUT2D eigenvalue weighted by Crippen LogP contribution is -2.23. The Balaban J connectivity index is 2.41. The quantitative estimate of drug-likeness (QED) is 0.692. The van der Waals surface area contributed by atoms with E-state index in [2.05, 4.69) is 60.2 Å². The second-order valence-electron chi connectivity index (χ2n) is 4.96. The molecule has 0 aliphatic carbocycles. The molecule has 0 aliphatic rings. The van der Waals surface area contributed by atoms with Gasteiger partial charge in [-0.2, -0.15) is 0 Å². The summed E-state index contributed by atoms with van der Waals surface area (Å²) in [4.78, 5) is 1.35. The number of rotatable bonds is 5. The summed E-state index contributed by atoms with van der Waals surface area (Å²) in [6.07, 6.45) is 1.12. The maximum Gasteiger partial charge on any atom is 0.0704 e. The molecule has 4 heteroatoms. The molecule has 0 saturated carbocycles. The summed E-state index contributed by atoms with van der Waals surface area (Å²) in [6, 6.07) is 8.74. The molecule has 1 N–H and O–H groups in total. The number of benzene rings is 1. The lowest BCUT2D eigenvalue weighted by atomic mass is 9.98. The molecule has 0 radical (unpaired) electrons. The van der Waals surface area contributed by atoms with E-state index in [1.165, 1.54) is 19.8 Å². The molecule has 108 valence electrons. The van der Waals surface area contributed by atoms with Crippen molar-refractivity contribution < 1.29 is 0 Å². The standard InChI is InChI=1S/C16H19BrClNS/c1-4-7-19-16(13-9-15(17)20-11(13)3)12-5-6-14(18)10(2)8-12/h5-6,8-9,16,19H,4,7H2,1-3H3. The Bertz CT molecular complexity index is 594. The van der Waals surface area contributed by atoms with Crippen LogP contribution in [0.25, 0.3) is 0 Å². The van der Waals surface area contributed by atoms with E-state index in [0.29, 0.717) is 0 Å². The highest BCUT2D eigenvalue weighted by Gasteiger charge is 2.18. The summed E-state index contributed by atoms with van der Waals surface area (Å²) in [5.74, 6) is 0. The minimum Gasteiger partial charge on any atom is -0.306 e. The molecule has 0 amide bonds. The van der Waals surface area contributed by atoms with E-state index in [1.54, 1.807) is 11.3 Å². The average molecular weight is 373 g/mol. The number of hydrogen-bond donors (Lipinski definition) is 1. The number of halogens is 2. The van der Waals surface area contributed by atoms with Gasteiger partial charge in [0.2, 0.25) is 0 Å². The molecule has 20 heavy (non-hydrogen) atoms. The van der Waals surface area contributed by atoms with Gasteiger partial charge in [-0.25, -0.2) is 0 Å². The predicted octanol–water partition coefficient (Wildman–Crippen LogP) is 5.87. The van der Waals surface area contributed by atoms with E-state index >= 15 is 0 Å².